The molecule has 0 aromatic heterocycles. The minimum Gasteiger partial charge on any atom is -0.493 e. The van der Waals surface area contributed by atoms with Crippen molar-refractivity contribution in [1.29, 1.82) is 0 Å². The van der Waals surface area contributed by atoms with Crippen LogP contribution in [0.4, 0.5) is 17.3 Å². The fourth-order valence-corrected chi connectivity index (χ4v) is 1.79. The van der Waals surface area contributed by atoms with Gasteiger partial charge in [-0.2, -0.15) is 0 Å². The van der Waals surface area contributed by atoms with Crippen LogP contribution in [0.5, 0.6) is 5.75 Å². The Labute approximate surface area is 151 Å². The van der Waals surface area contributed by atoms with Gasteiger partial charge in [-0.3, -0.25) is 0 Å². The maximum Gasteiger partial charge on any atom is 1.00 e. The fraction of sp³-hybridized carbons (Fsp3) is 0.455. The molecule has 8 heteroatoms. The van der Waals surface area contributed by atoms with Crippen molar-refractivity contribution in [2.24, 2.45) is 5.92 Å². The Kier molecular flexibility index (Phi) is 6.82. The third kappa shape index (κ3) is 5.02. The van der Waals surface area contributed by atoms with E-state index in [0.717, 1.165) is 24.6 Å². The van der Waals surface area contributed by atoms with E-state index in [2.05, 4.69) is 0 Å². The van der Waals surface area contributed by atoms with Gasteiger partial charge in [0, 0.05) is 18.6 Å². The Bertz CT molecular complexity index is 422. The molecule has 100 valence electrons. The molecule has 1 aromatic carbocycles. The predicted octanol–water partition coefficient (Wildman–Crippen LogP) is -0.701. The number of halogens is 4. The number of hydrogen-bond donors (Lipinski definition) is 0. The molecule has 1 aliphatic heterocycles. The predicted molar refractivity (Wildman–Crippen MR) is 59.5 cm³/mol. The Morgan fingerprint density at radius 3 is 2.58 bits per heavy atom. The zero-order valence-electron chi connectivity index (χ0n) is 10.5. The molecule has 0 amide bonds. The second-order valence-corrected chi connectivity index (χ2v) is 4.30. The topological polar surface area (TPSA) is 18.5 Å². The van der Waals surface area contributed by atoms with Gasteiger partial charge in [0.25, 0.3) is 0 Å². The first-order valence-corrected chi connectivity index (χ1v) is 5.67. The summed E-state index contributed by atoms with van der Waals surface area (Å²) in [5, 5.41) is 0. The zero-order chi connectivity index (χ0) is 13.2. The van der Waals surface area contributed by atoms with Crippen LogP contribution in [0.15, 0.2) is 18.2 Å². The summed E-state index contributed by atoms with van der Waals surface area (Å²) in [7, 11) is 0. The van der Waals surface area contributed by atoms with Crippen LogP contribution in [0, 0.1) is 11.7 Å². The SMILES string of the molecule is Fc1cc(OCC2CCOC2)ccc1[B-](F)(F)F.[K+]. The van der Waals surface area contributed by atoms with Crippen LogP contribution in [-0.4, -0.2) is 26.8 Å². The minimum atomic E-state index is -5.32. The average Bonchev–Trinajstić information content (AvgIpc) is 2.77. The summed E-state index contributed by atoms with van der Waals surface area (Å²) in [5.74, 6) is -0.953. The van der Waals surface area contributed by atoms with Gasteiger partial charge in [-0.15, -0.1) is 0 Å². The first-order valence-electron chi connectivity index (χ1n) is 5.67. The van der Waals surface area contributed by atoms with Crippen molar-refractivity contribution in [1.82, 2.24) is 0 Å². The van der Waals surface area contributed by atoms with E-state index in [0.29, 0.717) is 19.8 Å². The Morgan fingerprint density at radius 2 is 2.05 bits per heavy atom. The van der Waals surface area contributed by atoms with E-state index < -0.39 is 18.3 Å². The summed E-state index contributed by atoms with van der Waals surface area (Å²) in [6, 6.07) is 2.64. The molecule has 1 unspecified atom stereocenters. The molecule has 0 radical (unpaired) electrons. The monoisotopic (exact) mass is 302 g/mol. The molecule has 1 aromatic rings. The Morgan fingerprint density at radius 1 is 1.32 bits per heavy atom. The third-order valence-corrected chi connectivity index (χ3v) is 2.83. The van der Waals surface area contributed by atoms with Crippen LogP contribution in [0.1, 0.15) is 6.42 Å². The molecule has 1 heterocycles. The smallest absolute Gasteiger partial charge is 0.493 e. The van der Waals surface area contributed by atoms with Crippen LogP contribution < -0.4 is 61.6 Å². The summed E-state index contributed by atoms with van der Waals surface area (Å²) >= 11 is 0. The molecule has 1 fully saturated rings. The molecule has 19 heavy (non-hydrogen) atoms. The average molecular weight is 302 g/mol. The minimum absolute atomic E-state index is 0. The molecule has 2 nitrogen and oxygen atoms in total. The normalized spacial score (nSPS) is 19.1. The molecule has 1 atom stereocenters. The Balaban J connectivity index is 0.00000180. The van der Waals surface area contributed by atoms with Gasteiger partial charge in [-0.1, -0.05) is 11.5 Å². The third-order valence-electron chi connectivity index (χ3n) is 2.83. The van der Waals surface area contributed by atoms with Gasteiger partial charge in [0.15, 0.2) is 0 Å². The van der Waals surface area contributed by atoms with Crippen molar-refractivity contribution in [2.75, 3.05) is 19.8 Å². The number of benzene rings is 1. The van der Waals surface area contributed by atoms with E-state index in [4.69, 9.17) is 9.47 Å². The van der Waals surface area contributed by atoms with Crippen molar-refractivity contribution in [2.45, 2.75) is 6.42 Å². The molecule has 0 N–H and O–H groups in total. The van der Waals surface area contributed by atoms with Crippen LogP contribution in [0.3, 0.4) is 0 Å². The summed E-state index contributed by atoms with van der Waals surface area (Å²) in [4.78, 5) is 0. The molecular weight excluding hydrogens is 290 g/mol. The van der Waals surface area contributed by atoms with Crippen LogP contribution in [-0.2, 0) is 4.74 Å². The summed E-state index contributed by atoms with van der Waals surface area (Å²) in [6.07, 6.45) is 0.853. The van der Waals surface area contributed by atoms with Gasteiger partial charge >= 0.3 is 58.4 Å². The molecule has 0 saturated carbocycles. The van der Waals surface area contributed by atoms with Crippen molar-refractivity contribution in [3.05, 3.63) is 24.0 Å². The van der Waals surface area contributed by atoms with E-state index in [-0.39, 0.29) is 63.1 Å². The number of ether oxygens (including phenoxy) is 2. The molecule has 0 aliphatic carbocycles. The van der Waals surface area contributed by atoms with Gasteiger partial charge in [0.2, 0.25) is 0 Å². The second kappa shape index (κ2) is 7.42. The van der Waals surface area contributed by atoms with Crippen molar-refractivity contribution >= 4 is 12.4 Å². The maximum atomic E-state index is 13.2. The number of rotatable bonds is 4. The van der Waals surface area contributed by atoms with Gasteiger partial charge in [0.1, 0.15) is 5.75 Å². The van der Waals surface area contributed by atoms with E-state index in [1.807, 2.05) is 0 Å². The first-order chi connectivity index (χ1) is 8.47. The standard InChI is InChI=1S/C11H12BF4O2.K/c13-11-5-9(1-2-10(11)12(14,15)16)18-7-8-3-4-17-6-8;/h1-2,5,8H,3-4,6-7H2;/q-1;+1. The number of hydrogen-bond acceptors (Lipinski definition) is 2. The Hall–Kier alpha value is 0.401. The zero-order valence-corrected chi connectivity index (χ0v) is 13.7. The maximum absolute atomic E-state index is 13.2. The summed E-state index contributed by atoms with van der Waals surface area (Å²) in [5.41, 5.74) is -1.22. The quantitative estimate of drug-likeness (QED) is 0.541. The largest absolute Gasteiger partial charge is 1.00 e. The van der Waals surface area contributed by atoms with E-state index in [1.54, 1.807) is 0 Å². The first kappa shape index (κ1) is 17.5. The molecule has 1 aliphatic rings. The van der Waals surface area contributed by atoms with Gasteiger partial charge in [-0.25, -0.2) is 4.39 Å². The van der Waals surface area contributed by atoms with E-state index in [9.17, 15) is 17.3 Å². The second-order valence-electron chi connectivity index (χ2n) is 4.30. The van der Waals surface area contributed by atoms with Gasteiger partial charge in [0.05, 0.1) is 19.0 Å². The molecule has 0 bridgehead atoms. The fourth-order valence-electron chi connectivity index (χ4n) is 1.79. The van der Waals surface area contributed by atoms with Crippen molar-refractivity contribution in [3.63, 3.8) is 0 Å². The molecule has 0 spiro atoms. The van der Waals surface area contributed by atoms with Gasteiger partial charge in [-0.05, 0) is 12.5 Å². The van der Waals surface area contributed by atoms with Crippen molar-refractivity contribution < 1.29 is 78.2 Å². The van der Waals surface area contributed by atoms with E-state index >= 15 is 0 Å². The van der Waals surface area contributed by atoms with Gasteiger partial charge < -0.3 is 22.4 Å². The van der Waals surface area contributed by atoms with E-state index in [1.165, 1.54) is 0 Å². The molecular formula is C11H12BF4KO2. The summed E-state index contributed by atoms with van der Waals surface area (Å²) < 4.78 is 60.8. The molecule has 2 rings (SSSR count). The van der Waals surface area contributed by atoms with Crippen molar-refractivity contribution in [3.8, 4) is 5.75 Å². The van der Waals surface area contributed by atoms with Crippen LogP contribution in [0.2, 0.25) is 0 Å². The summed E-state index contributed by atoms with van der Waals surface area (Å²) in [6.45, 7) is -3.75. The van der Waals surface area contributed by atoms with Crippen LogP contribution >= 0.6 is 0 Å². The molecule has 1 saturated heterocycles. The van der Waals surface area contributed by atoms with Crippen LogP contribution in [0.25, 0.3) is 0 Å².